The van der Waals surface area contributed by atoms with Crippen LogP contribution in [-0.4, -0.2) is 18.3 Å². The number of hydrogen-bond acceptors (Lipinski definition) is 3. The van der Waals surface area contributed by atoms with Crippen LogP contribution in [0.4, 0.5) is 0 Å². The molecule has 4 heteroatoms. The maximum atomic E-state index is 9.64. The first-order valence-corrected chi connectivity index (χ1v) is 6.75. The van der Waals surface area contributed by atoms with Gasteiger partial charge in [-0.15, -0.1) is 0 Å². The van der Waals surface area contributed by atoms with Crippen molar-refractivity contribution >= 4 is 11.6 Å². The molecule has 3 nitrogen and oxygen atoms in total. The monoisotopic (exact) mass is 272 g/mol. The van der Waals surface area contributed by atoms with Crippen LogP contribution in [0.1, 0.15) is 45.3 Å². The number of ether oxygens (including phenoxy) is 2. The minimum Gasteiger partial charge on any atom is -0.490 e. The Balaban J connectivity index is 3.02. The van der Waals surface area contributed by atoms with Crippen LogP contribution in [0, 0.1) is 0 Å². The number of benzene rings is 1. The highest BCUT2D eigenvalue weighted by atomic mass is 35.5. The van der Waals surface area contributed by atoms with Gasteiger partial charge in [0, 0.05) is 11.6 Å². The molecule has 1 atom stereocenters. The molecule has 0 spiro atoms. The summed E-state index contributed by atoms with van der Waals surface area (Å²) in [7, 11) is 0. The molecule has 0 saturated heterocycles. The molecule has 1 rings (SSSR count). The zero-order chi connectivity index (χ0) is 13.5. The van der Waals surface area contributed by atoms with Crippen LogP contribution >= 0.6 is 11.6 Å². The molecule has 1 aromatic rings. The molecule has 102 valence electrons. The number of rotatable bonds is 7. The van der Waals surface area contributed by atoms with Crippen LogP contribution in [-0.2, 0) is 0 Å². The second-order valence-electron chi connectivity index (χ2n) is 4.19. The molecule has 0 radical (unpaired) electrons. The minimum atomic E-state index is -0.623. The highest BCUT2D eigenvalue weighted by Crippen LogP contribution is 2.36. The van der Waals surface area contributed by atoms with E-state index in [0.717, 1.165) is 12.8 Å². The Labute approximate surface area is 114 Å². The summed E-state index contributed by atoms with van der Waals surface area (Å²) in [6, 6.07) is 3.47. The molecule has 0 fully saturated rings. The van der Waals surface area contributed by atoms with E-state index in [4.69, 9.17) is 21.1 Å². The van der Waals surface area contributed by atoms with Gasteiger partial charge < -0.3 is 14.6 Å². The third-order valence-electron chi connectivity index (χ3n) is 2.44. The fraction of sp³-hybridized carbons (Fsp3) is 0.571. The Bertz CT molecular complexity index is 378. The predicted molar refractivity (Wildman–Crippen MR) is 73.7 cm³/mol. The van der Waals surface area contributed by atoms with E-state index in [1.54, 1.807) is 19.1 Å². The molecule has 1 unspecified atom stereocenters. The number of halogens is 1. The molecule has 1 aromatic carbocycles. The van der Waals surface area contributed by atoms with Crippen molar-refractivity contribution in [2.24, 2.45) is 0 Å². The molecular weight excluding hydrogens is 252 g/mol. The van der Waals surface area contributed by atoms with E-state index in [0.29, 0.717) is 35.3 Å². The van der Waals surface area contributed by atoms with Crippen molar-refractivity contribution in [2.75, 3.05) is 13.2 Å². The molecule has 0 bridgehead atoms. The zero-order valence-electron chi connectivity index (χ0n) is 11.2. The summed E-state index contributed by atoms with van der Waals surface area (Å²) in [5.74, 6) is 1.28. The van der Waals surface area contributed by atoms with Crippen molar-refractivity contribution in [3.63, 3.8) is 0 Å². The summed E-state index contributed by atoms with van der Waals surface area (Å²) in [5.41, 5.74) is 0.659. The summed E-state index contributed by atoms with van der Waals surface area (Å²) in [6.45, 7) is 6.99. The van der Waals surface area contributed by atoms with Crippen LogP contribution in [0.15, 0.2) is 12.1 Å². The van der Waals surface area contributed by atoms with Crippen molar-refractivity contribution in [1.29, 1.82) is 0 Å². The predicted octanol–water partition coefficient (Wildman–Crippen LogP) is 3.97. The van der Waals surface area contributed by atoms with E-state index in [9.17, 15) is 5.11 Å². The molecule has 0 aliphatic carbocycles. The Hall–Kier alpha value is -0.930. The first kappa shape index (κ1) is 15.1. The van der Waals surface area contributed by atoms with E-state index in [-0.39, 0.29) is 0 Å². The second kappa shape index (κ2) is 7.49. The molecule has 0 aliphatic heterocycles. The van der Waals surface area contributed by atoms with E-state index >= 15 is 0 Å². The Morgan fingerprint density at radius 1 is 1.11 bits per heavy atom. The first-order chi connectivity index (χ1) is 8.60. The normalized spacial score (nSPS) is 12.3. The molecule has 0 aromatic heterocycles. The van der Waals surface area contributed by atoms with Gasteiger partial charge in [0.1, 0.15) is 0 Å². The fourth-order valence-corrected chi connectivity index (χ4v) is 1.83. The third kappa shape index (κ3) is 4.07. The van der Waals surface area contributed by atoms with Gasteiger partial charge in [-0.25, -0.2) is 0 Å². The molecule has 0 aliphatic rings. The minimum absolute atomic E-state index is 0.500. The van der Waals surface area contributed by atoms with Crippen LogP contribution in [0.25, 0.3) is 0 Å². The second-order valence-corrected chi connectivity index (χ2v) is 4.60. The quantitative estimate of drug-likeness (QED) is 0.816. The molecule has 0 amide bonds. The average Bonchev–Trinajstić information content (AvgIpc) is 2.34. The summed E-state index contributed by atoms with van der Waals surface area (Å²) < 4.78 is 11.2. The van der Waals surface area contributed by atoms with Crippen LogP contribution in [0.2, 0.25) is 5.02 Å². The van der Waals surface area contributed by atoms with Gasteiger partial charge in [0.15, 0.2) is 11.5 Å². The largest absolute Gasteiger partial charge is 0.490 e. The average molecular weight is 273 g/mol. The van der Waals surface area contributed by atoms with E-state index in [1.807, 2.05) is 13.8 Å². The van der Waals surface area contributed by atoms with Gasteiger partial charge in [0.2, 0.25) is 0 Å². The van der Waals surface area contributed by atoms with Crippen LogP contribution in [0.5, 0.6) is 11.5 Å². The lowest BCUT2D eigenvalue weighted by molar-refractivity contribution is 0.198. The maximum absolute atomic E-state index is 9.64. The summed E-state index contributed by atoms with van der Waals surface area (Å²) in [5, 5.41) is 10.1. The van der Waals surface area contributed by atoms with Crippen molar-refractivity contribution in [3.8, 4) is 11.5 Å². The highest BCUT2D eigenvalue weighted by Gasteiger charge is 2.14. The summed E-state index contributed by atoms with van der Waals surface area (Å²) in [4.78, 5) is 0. The Kier molecular flexibility index (Phi) is 6.30. The van der Waals surface area contributed by atoms with Gasteiger partial charge in [-0.1, -0.05) is 25.4 Å². The summed E-state index contributed by atoms with van der Waals surface area (Å²) in [6.07, 6.45) is 1.21. The maximum Gasteiger partial charge on any atom is 0.162 e. The molecule has 1 N–H and O–H groups in total. The molecular formula is C14H21ClO3. The molecule has 0 saturated carbocycles. The van der Waals surface area contributed by atoms with Crippen LogP contribution < -0.4 is 9.47 Å². The number of hydrogen-bond donors (Lipinski definition) is 1. The Morgan fingerprint density at radius 3 is 2.06 bits per heavy atom. The highest BCUT2D eigenvalue weighted by molar-refractivity contribution is 6.31. The number of aliphatic hydroxyl groups is 1. The standard InChI is InChI=1S/C14H21ClO3/c1-4-6-17-13-8-11(10(3)16)12(15)9-14(13)18-7-5-2/h8-10,16H,4-7H2,1-3H3. The van der Waals surface area contributed by atoms with E-state index in [2.05, 4.69) is 0 Å². The van der Waals surface area contributed by atoms with Crippen molar-refractivity contribution < 1.29 is 14.6 Å². The smallest absolute Gasteiger partial charge is 0.162 e. The number of aliphatic hydroxyl groups excluding tert-OH is 1. The third-order valence-corrected chi connectivity index (χ3v) is 2.76. The van der Waals surface area contributed by atoms with Gasteiger partial charge in [-0.05, 0) is 25.8 Å². The van der Waals surface area contributed by atoms with E-state index in [1.165, 1.54) is 0 Å². The van der Waals surface area contributed by atoms with Gasteiger partial charge in [-0.3, -0.25) is 0 Å². The SMILES string of the molecule is CCCOc1cc(Cl)c(C(C)O)cc1OCCC. The van der Waals surface area contributed by atoms with Crippen molar-refractivity contribution in [1.82, 2.24) is 0 Å². The van der Waals surface area contributed by atoms with Crippen molar-refractivity contribution in [2.45, 2.75) is 39.7 Å². The Morgan fingerprint density at radius 2 is 1.61 bits per heavy atom. The lowest BCUT2D eigenvalue weighted by Crippen LogP contribution is -2.03. The van der Waals surface area contributed by atoms with Crippen LogP contribution in [0.3, 0.4) is 0 Å². The molecule has 0 heterocycles. The first-order valence-electron chi connectivity index (χ1n) is 6.37. The zero-order valence-corrected chi connectivity index (χ0v) is 12.0. The summed E-state index contributed by atoms with van der Waals surface area (Å²) >= 11 is 6.11. The van der Waals surface area contributed by atoms with E-state index < -0.39 is 6.10 Å². The lowest BCUT2D eigenvalue weighted by atomic mass is 10.1. The van der Waals surface area contributed by atoms with Crippen molar-refractivity contribution in [3.05, 3.63) is 22.7 Å². The van der Waals surface area contributed by atoms with Gasteiger partial charge in [0.25, 0.3) is 0 Å². The lowest BCUT2D eigenvalue weighted by Gasteiger charge is -2.16. The fourth-order valence-electron chi connectivity index (χ4n) is 1.52. The topological polar surface area (TPSA) is 38.7 Å². The van der Waals surface area contributed by atoms with Gasteiger partial charge in [0.05, 0.1) is 24.3 Å². The molecule has 18 heavy (non-hydrogen) atoms. The van der Waals surface area contributed by atoms with Gasteiger partial charge in [-0.2, -0.15) is 0 Å². The van der Waals surface area contributed by atoms with Gasteiger partial charge >= 0.3 is 0 Å².